The highest BCUT2D eigenvalue weighted by Crippen LogP contribution is 2.14. The fraction of sp³-hybridized carbons (Fsp3) is 0.357. The third-order valence-corrected chi connectivity index (χ3v) is 2.59. The van der Waals surface area contributed by atoms with E-state index in [1.54, 1.807) is 7.11 Å². The summed E-state index contributed by atoms with van der Waals surface area (Å²) in [6, 6.07) is 9.79. The van der Waals surface area contributed by atoms with Crippen LogP contribution in [0.4, 0.5) is 0 Å². The quantitative estimate of drug-likeness (QED) is 0.828. The Balaban J connectivity index is 1.86. The standard InChI is InChI=1S/C14H18N2O3/c1-15-8-11-3-5-13(6-4-11)18-9-12-7-14(10-17-2)19-16-12/h3-7,15H,8-10H2,1-2H3. The summed E-state index contributed by atoms with van der Waals surface area (Å²) in [5.74, 6) is 1.52. The SMILES string of the molecule is CNCc1ccc(OCc2cc(COC)on2)cc1. The Bertz CT molecular complexity index is 494. The van der Waals surface area contributed by atoms with Crippen LogP contribution in [0.25, 0.3) is 0 Å². The molecule has 1 aromatic heterocycles. The predicted molar refractivity (Wildman–Crippen MR) is 70.8 cm³/mol. The molecule has 1 heterocycles. The highest BCUT2D eigenvalue weighted by molar-refractivity contribution is 5.27. The number of aromatic nitrogens is 1. The van der Waals surface area contributed by atoms with Crippen molar-refractivity contribution in [3.63, 3.8) is 0 Å². The summed E-state index contributed by atoms with van der Waals surface area (Å²) >= 11 is 0. The molecule has 19 heavy (non-hydrogen) atoms. The van der Waals surface area contributed by atoms with E-state index < -0.39 is 0 Å². The molecule has 0 spiro atoms. The fourth-order valence-corrected chi connectivity index (χ4v) is 1.70. The molecule has 2 rings (SSSR count). The first-order valence-corrected chi connectivity index (χ1v) is 6.11. The fourth-order valence-electron chi connectivity index (χ4n) is 1.70. The highest BCUT2D eigenvalue weighted by Gasteiger charge is 2.04. The lowest BCUT2D eigenvalue weighted by molar-refractivity contribution is 0.155. The van der Waals surface area contributed by atoms with E-state index in [0.29, 0.717) is 19.0 Å². The second-order valence-electron chi connectivity index (χ2n) is 4.18. The number of benzene rings is 1. The molecule has 0 saturated heterocycles. The summed E-state index contributed by atoms with van der Waals surface area (Å²) in [5, 5.41) is 7.01. The number of hydrogen-bond donors (Lipinski definition) is 1. The molecule has 0 aliphatic rings. The van der Waals surface area contributed by atoms with E-state index in [9.17, 15) is 0 Å². The van der Waals surface area contributed by atoms with Gasteiger partial charge < -0.3 is 19.3 Å². The lowest BCUT2D eigenvalue weighted by Gasteiger charge is -2.05. The number of methoxy groups -OCH3 is 1. The molecule has 5 nitrogen and oxygen atoms in total. The van der Waals surface area contributed by atoms with Crippen molar-refractivity contribution in [3.05, 3.63) is 47.3 Å². The monoisotopic (exact) mass is 262 g/mol. The van der Waals surface area contributed by atoms with Gasteiger partial charge >= 0.3 is 0 Å². The second-order valence-corrected chi connectivity index (χ2v) is 4.18. The van der Waals surface area contributed by atoms with E-state index in [2.05, 4.69) is 10.5 Å². The molecule has 0 saturated carbocycles. The summed E-state index contributed by atoms with van der Waals surface area (Å²) in [5.41, 5.74) is 1.98. The maximum atomic E-state index is 5.63. The van der Waals surface area contributed by atoms with Crippen molar-refractivity contribution < 1.29 is 14.0 Å². The number of nitrogens with zero attached hydrogens (tertiary/aromatic N) is 1. The van der Waals surface area contributed by atoms with Crippen LogP contribution in [0.3, 0.4) is 0 Å². The van der Waals surface area contributed by atoms with Gasteiger partial charge in [-0.25, -0.2) is 0 Å². The van der Waals surface area contributed by atoms with Gasteiger partial charge in [-0.1, -0.05) is 17.3 Å². The molecule has 102 valence electrons. The van der Waals surface area contributed by atoms with Crippen LogP contribution in [0.15, 0.2) is 34.9 Å². The molecule has 0 amide bonds. The van der Waals surface area contributed by atoms with Crippen LogP contribution >= 0.6 is 0 Å². The van der Waals surface area contributed by atoms with Gasteiger partial charge in [0.25, 0.3) is 0 Å². The van der Waals surface area contributed by atoms with E-state index in [1.807, 2.05) is 37.4 Å². The smallest absolute Gasteiger partial charge is 0.162 e. The van der Waals surface area contributed by atoms with Crippen molar-refractivity contribution in [2.75, 3.05) is 14.2 Å². The van der Waals surface area contributed by atoms with Crippen LogP contribution in [-0.2, 0) is 24.5 Å². The minimum atomic E-state index is 0.387. The molecule has 0 aliphatic heterocycles. The average Bonchev–Trinajstić information content (AvgIpc) is 2.87. The van der Waals surface area contributed by atoms with Crippen LogP contribution in [-0.4, -0.2) is 19.3 Å². The van der Waals surface area contributed by atoms with Gasteiger partial charge in [-0.15, -0.1) is 0 Å². The number of rotatable bonds is 7. The normalized spacial score (nSPS) is 10.6. The molecule has 0 radical (unpaired) electrons. The summed E-state index contributed by atoms with van der Waals surface area (Å²) in [6.07, 6.45) is 0. The highest BCUT2D eigenvalue weighted by atomic mass is 16.5. The minimum Gasteiger partial charge on any atom is -0.487 e. The Labute approximate surface area is 112 Å². The molecule has 0 unspecified atom stereocenters. The zero-order valence-electron chi connectivity index (χ0n) is 11.2. The van der Waals surface area contributed by atoms with Crippen molar-refractivity contribution in [3.8, 4) is 5.75 Å². The van der Waals surface area contributed by atoms with Crippen molar-refractivity contribution in [2.45, 2.75) is 19.8 Å². The molecule has 2 aromatic rings. The minimum absolute atomic E-state index is 0.387. The van der Waals surface area contributed by atoms with E-state index in [-0.39, 0.29) is 0 Å². The molecule has 5 heteroatoms. The summed E-state index contributed by atoms with van der Waals surface area (Å²) < 4.78 is 15.7. The Hall–Kier alpha value is -1.85. The van der Waals surface area contributed by atoms with Crippen LogP contribution in [0, 0.1) is 0 Å². The molecular formula is C14H18N2O3. The zero-order valence-corrected chi connectivity index (χ0v) is 11.2. The van der Waals surface area contributed by atoms with Gasteiger partial charge in [0.1, 0.15) is 24.7 Å². The lowest BCUT2D eigenvalue weighted by atomic mass is 10.2. The van der Waals surface area contributed by atoms with Gasteiger partial charge in [-0.05, 0) is 24.7 Å². The van der Waals surface area contributed by atoms with Crippen molar-refractivity contribution in [2.24, 2.45) is 0 Å². The Morgan fingerprint density at radius 3 is 2.68 bits per heavy atom. The maximum absolute atomic E-state index is 5.63. The van der Waals surface area contributed by atoms with Gasteiger partial charge in [0.15, 0.2) is 5.76 Å². The molecule has 0 aliphatic carbocycles. The van der Waals surface area contributed by atoms with Gasteiger partial charge in [-0.2, -0.15) is 0 Å². The summed E-state index contributed by atoms with van der Waals surface area (Å²) in [7, 11) is 3.54. The van der Waals surface area contributed by atoms with Crippen LogP contribution in [0.1, 0.15) is 17.0 Å². The van der Waals surface area contributed by atoms with Crippen LogP contribution in [0.2, 0.25) is 0 Å². The van der Waals surface area contributed by atoms with Crippen LogP contribution < -0.4 is 10.1 Å². The zero-order chi connectivity index (χ0) is 13.5. The summed E-state index contributed by atoms with van der Waals surface area (Å²) in [6.45, 7) is 1.66. The van der Waals surface area contributed by atoms with E-state index in [1.165, 1.54) is 5.56 Å². The third kappa shape index (κ3) is 4.08. The van der Waals surface area contributed by atoms with E-state index in [0.717, 1.165) is 18.0 Å². The Kier molecular flexibility index (Phi) is 4.94. The first kappa shape index (κ1) is 13.6. The number of ether oxygens (including phenoxy) is 2. The van der Waals surface area contributed by atoms with Gasteiger partial charge in [0.05, 0.1) is 0 Å². The largest absolute Gasteiger partial charge is 0.487 e. The van der Waals surface area contributed by atoms with Gasteiger partial charge in [0, 0.05) is 19.7 Å². The van der Waals surface area contributed by atoms with Crippen molar-refractivity contribution in [1.82, 2.24) is 10.5 Å². The first-order valence-electron chi connectivity index (χ1n) is 6.11. The van der Waals surface area contributed by atoms with Crippen molar-refractivity contribution in [1.29, 1.82) is 0 Å². The molecular weight excluding hydrogens is 244 g/mol. The molecule has 1 aromatic carbocycles. The van der Waals surface area contributed by atoms with E-state index in [4.69, 9.17) is 14.0 Å². The van der Waals surface area contributed by atoms with Crippen LogP contribution in [0.5, 0.6) is 5.75 Å². The third-order valence-electron chi connectivity index (χ3n) is 2.59. The van der Waals surface area contributed by atoms with Gasteiger partial charge in [0.2, 0.25) is 0 Å². The lowest BCUT2D eigenvalue weighted by Crippen LogP contribution is -2.04. The molecule has 0 bridgehead atoms. The predicted octanol–water partition coefficient (Wildman–Crippen LogP) is 2.12. The Morgan fingerprint density at radius 1 is 1.21 bits per heavy atom. The number of nitrogens with one attached hydrogen (secondary N) is 1. The summed E-state index contributed by atoms with van der Waals surface area (Å²) in [4.78, 5) is 0. The number of hydrogen-bond acceptors (Lipinski definition) is 5. The Morgan fingerprint density at radius 2 is 2.00 bits per heavy atom. The second kappa shape index (κ2) is 6.92. The van der Waals surface area contributed by atoms with E-state index >= 15 is 0 Å². The molecule has 0 fully saturated rings. The average molecular weight is 262 g/mol. The first-order chi connectivity index (χ1) is 9.31. The van der Waals surface area contributed by atoms with Crippen molar-refractivity contribution >= 4 is 0 Å². The maximum Gasteiger partial charge on any atom is 0.162 e. The van der Waals surface area contributed by atoms with Gasteiger partial charge in [-0.3, -0.25) is 0 Å². The topological polar surface area (TPSA) is 56.5 Å². The molecule has 1 N–H and O–H groups in total. The molecule has 0 atom stereocenters.